The maximum atomic E-state index is 13.9. The van der Waals surface area contributed by atoms with Crippen LogP contribution in [0.15, 0.2) is 36.4 Å². The predicted octanol–water partition coefficient (Wildman–Crippen LogP) is 4.30. The zero-order valence-electron chi connectivity index (χ0n) is 11.7. The van der Waals surface area contributed by atoms with Crippen molar-refractivity contribution in [1.29, 1.82) is 0 Å². The third-order valence-corrected chi connectivity index (χ3v) is 2.86. The van der Waals surface area contributed by atoms with E-state index in [0.717, 1.165) is 6.42 Å². The molecule has 0 spiro atoms. The summed E-state index contributed by atoms with van der Waals surface area (Å²) in [5.74, 6) is 0.719. The molecule has 0 atom stereocenters. The Morgan fingerprint density at radius 2 is 1.70 bits per heavy atom. The molecule has 0 aromatic heterocycles. The summed E-state index contributed by atoms with van der Waals surface area (Å²) in [6.07, 6.45) is 0.886. The lowest BCUT2D eigenvalue weighted by Crippen LogP contribution is -2.01. The van der Waals surface area contributed by atoms with Crippen LogP contribution >= 0.6 is 0 Å². The predicted molar refractivity (Wildman–Crippen MR) is 77.9 cm³/mol. The molecule has 0 saturated heterocycles. The van der Waals surface area contributed by atoms with Gasteiger partial charge in [0.1, 0.15) is 11.4 Å². The maximum absolute atomic E-state index is 13.9. The molecule has 0 amide bonds. The van der Waals surface area contributed by atoms with Crippen LogP contribution in [-0.2, 0) is 0 Å². The molecule has 0 heterocycles. The molecule has 4 heteroatoms. The SMILES string of the molecule is CCCOc1cccc(Oc2cccc(C)c2F)c1N. The molecule has 2 aromatic rings. The molecule has 0 fully saturated rings. The number of para-hydroxylation sites is 1. The molecular formula is C16H18FNO2. The van der Waals surface area contributed by atoms with Crippen LogP contribution < -0.4 is 15.2 Å². The average molecular weight is 275 g/mol. The summed E-state index contributed by atoms with van der Waals surface area (Å²) in [6.45, 7) is 4.28. The topological polar surface area (TPSA) is 44.5 Å². The van der Waals surface area contributed by atoms with Crippen LogP contribution in [0.4, 0.5) is 10.1 Å². The largest absolute Gasteiger partial charge is 0.491 e. The second kappa shape index (κ2) is 6.28. The molecule has 0 aliphatic rings. The average Bonchev–Trinajstić information content (AvgIpc) is 2.44. The summed E-state index contributed by atoms with van der Waals surface area (Å²) in [4.78, 5) is 0. The van der Waals surface area contributed by atoms with Crippen LogP contribution in [-0.4, -0.2) is 6.61 Å². The highest BCUT2D eigenvalue weighted by Crippen LogP contribution is 2.35. The minimum Gasteiger partial charge on any atom is -0.491 e. The third kappa shape index (κ3) is 3.02. The number of hydrogen-bond donors (Lipinski definition) is 1. The summed E-state index contributed by atoms with van der Waals surface area (Å²) in [7, 11) is 0. The van der Waals surface area contributed by atoms with Crippen LogP contribution in [0.2, 0.25) is 0 Å². The molecule has 20 heavy (non-hydrogen) atoms. The molecular weight excluding hydrogens is 257 g/mol. The Hall–Kier alpha value is -2.23. The number of nitrogen functional groups attached to an aromatic ring is 1. The van der Waals surface area contributed by atoms with Crippen molar-refractivity contribution in [2.45, 2.75) is 20.3 Å². The number of halogens is 1. The van der Waals surface area contributed by atoms with E-state index in [1.165, 1.54) is 0 Å². The zero-order valence-corrected chi connectivity index (χ0v) is 11.7. The Balaban J connectivity index is 2.27. The van der Waals surface area contributed by atoms with Crippen molar-refractivity contribution in [1.82, 2.24) is 0 Å². The molecule has 2 rings (SSSR count). The van der Waals surface area contributed by atoms with Crippen molar-refractivity contribution < 1.29 is 13.9 Å². The molecule has 3 nitrogen and oxygen atoms in total. The standard InChI is InChI=1S/C16H18FNO2/c1-3-10-19-13-8-5-9-14(16(13)18)20-12-7-4-6-11(2)15(12)17/h4-9H,3,10,18H2,1-2H3. The van der Waals surface area contributed by atoms with E-state index < -0.39 is 0 Å². The first kappa shape index (κ1) is 14.2. The van der Waals surface area contributed by atoms with Crippen molar-refractivity contribution in [2.75, 3.05) is 12.3 Å². The fraction of sp³-hybridized carbons (Fsp3) is 0.250. The Bertz CT molecular complexity index is 599. The van der Waals surface area contributed by atoms with Crippen LogP contribution in [0.3, 0.4) is 0 Å². The molecule has 0 radical (unpaired) electrons. The number of aryl methyl sites for hydroxylation is 1. The minimum atomic E-state index is -0.383. The van der Waals surface area contributed by atoms with Crippen molar-refractivity contribution in [3.05, 3.63) is 47.8 Å². The molecule has 2 aromatic carbocycles. The van der Waals surface area contributed by atoms with E-state index >= 15 is 0 Å². The van der Waals surface area contributed by atoms with Gasteiger partial charge in [0, 0.05) is 0 Å². The van der Waals surface area contributed by atoms with E-state index in [-0.39, 0.29) is 11.6 Å². The maximum Gasteiger partial charge on any atom is 0.168 e. The molecule has 2 N–H and O–H groups in total. The minimum absolute atomic E-state index is 0.157. The summed E-state index contributed by atoms with van der Waals surface area (Å²) >= 11 is 0. The van der Waals surface area contributed by atoms with E-state index in [0.29, 0.717) is 29.4 Å². The van der Waals surface area contributed by atoms with Gasteiger partial charge < -0.3 is 15.2 Å². The van der Waals surface area contributed by atoms with Gasteiger partial charge in [-0.05, 0) is 37.1 Å². The van der Waals surface area contributed by atoms with E-state index in [1.807, 2.05) is 6.92 Å². The van der Waals surface area contributed by atoms with E-state index in [4.69, 9.17) is 15.2 Å². The highest BCUT2D eigenvalue weighted by molar-refractivity contribution is 5.63. The highest BCUT2D eigenvalue weighted by atomic mass is 19.1. The van der Waals surface area contributed by atoms with Crippen LogP contribution in [0.1, 0.15) is 18.9 Å². The molecule has 0 aliphatic heterocycles. The van der Waals surface area contributed by atoms with E-state index in [2.05, 4.69) is 0 Å². The Morgan fingerprint density at radius 1 is 1.05 bits per heavy atom. The fourth-order valence-corrected chi connectivity index (χ4v) is 1.77. The first-order valence-electron chi connectivity index (χ1n) is 6.57. The van der Waals surface area contributed by atoms with Crippen molar-refractivity contribution in [2.24, 2.45) is 0 Å². The zero-order chi connectivity index (χ0) is 14.5. The smallest absolute Gasteiger partial charge is 0.168 e. The van der Waals surface area contributed by atoms with Crippen molar-refractivity contribution >= 4 is 5.69 Å². The monoisotopic (exact) mass is 275 g/mol. The van der Waals surface area contributed by atoms with Crippen molar-refractivity contribution in [3.8, 4) is 17.2 Å². The Labute approximate surface area is 118 Å². The Morgan fingerprint density at radius 3 is 2.45 bits per heavy atom. The summed E-state index contributed by atoms with van der Waals surface area (Å²) in [5, 5.41) is 0. The van der Waals surface area contributed by atoms with Gasteiger partial charge in [0.05, 0.1) is 6.61 Å². The summed E-state index contributed by atoms with van der Waals surface area (Å²) in [5.41, 5.74) is 6.89. The van der Waals surface area contributed by atoms with Gasteiger partial charge in [0.15, 0.2) is 17.3 Å². The van der Waals surface area contributed by atoms with Gasteiger partial charge in [-0.3, -0.25) is 0 Å². The number of nitrogens with two attached hydrogens (primary N) is 1. The normalized spacial score (nSPS) is 10.3. The second-order valence-electron chi connectivity index (χ2n) is 4.51. The highest BCUT2D eigenvalue weighted by Gasteiger charge is 2.11. The molecule has 0 unspecified atom stereocenters. The van der Waals surface area contributed by atoms with Gasteiger partial charge in [-0.2, -0.15) is 0 Å². The number of anilines is 1. The van der Waals surface area contributed by atoms with Crippen molar-refractivity contribution in [3.63, 3.8) is 0 Å². The van der Waals surface area contributed by atoms with Gasteiger partial charge in [-0.1, -0.05) is 25.1 Å². The molecule has 0 saturated carbocycles. The van der Waals surface area contributed by atoms with Gasteiger partial charge >= 0.3 is 0 Å². The van der Waals surface area contributed by atoms with E-state index in [9.17, 15) is 4.39 Å². The first-order chi connectivity index (χ1) is 9.63. The second-order valence-corrected chi connectivity index (χ2v) is 4.51. The van der Waals surface area contributed by atoms with Gasteiger partial charge in [0.2, 0.25) is 0 Å². The summed E-state index contributed by atoms with van der Waals surface area (Å²) < 4.78 is 25.0. The van der Waals surface area contributed by atoms with Crippen LogP contribution in [0, 0.1) is 12.7 Å². The van der Waals surface area contributed by atoms with E-state index in [1.54, 1.807) is 43.3 Å². The lowest BCUT2D eigenvalue weighted by Gasteiger charge is -2.13. The van der Waals surface area contributed by atoms with Crippen LogP contribution in [0.25, 0.3) is 0 Å². The summed E-state index contributed by atoms with van der Waals surface area (Å²) in [6, 6.07) is 10.2. The molecule has 106 valence electrons. The number of rotatable bonds is 5. The fourth-order valence-electron chi connectivity index (χ4n) is 1.77. The quantitative estimate of drug-likeness (QED) is 0.827. The lowest BCUT2D eigenvalue weighted by molar-refractivity contribution is 0.317. The van der Waals surface area contributed by atoms with Gasteiger partial charge in [-0.25, -0.2) is 4.39 Å². The first-order valence-corrected chi connectivity index (χ1v) is 6.57. The lowest BCUT2D eigenvalue weighted by atomic mass is 10.2. The van der Waals surface area contributed by atoms with Gasteiger partial charge in [0.25, 0.3) is 0 Å². The number of ether oxygens (including phenoxy) is 2. The number of hydrogen-bond acceptors (Lipinski definition) is 3. The molecule has 0 bridgehead atoms. The molecule has 0 aliphatic carbocycles. The number of benzene rings is 2. The Kier molecular flexibility index (Phi) is 4.45. The van der Waals surface area contributed by atoms with Crippen LogP contribution in [0.5, 0.6) is 17.2 Å². The van der Waals surface area contributed by atoms with Gasteiger partial charge in [-0.15, -0.1) is 0 Å². The third-order valence-electron chi connectivity index (χ3n) is 2.86.